The second-order valence-electron chi connectivity index (χ2n) is 10.4. The summed E-state index contributed by atoms with van der Waals surface area (Å²) in [4.78, 5) is 29.5. The number of fused-ring (bicyclic) bond motifs is 3. The number of rotatable bonds is 7. The normalized spacial score (nSPS) is 13.0. The van der Waals surface area contributed by atoms with E-state index in [9.17, 15) is 13.6 Å². The lowest BCUT2D eigenvalue weighted by Gasteiger charge is -2.22. The molecule has 214 valence electrons. The van der Waals surface area contributed by atoms with Gasteiger partial charge >= 0.3 is 0 Å². The minimum Gasteiger partial charge on any atom is -0.361 e. The van der Waals surface area contributed by atoms with Crippen LogP contribution in [0.5, 0.6) is 0 Å². The highest BCUT2D eigenvalue weighted by molar-refractivity contribution is 7.80. The highest BCUT2D eigenvalue weighted by atomic mass is 32.2. The van der Waals surface area contributed by atoms with Gasteiger partial charge in [0.05, 0.1) is 22.5 Å². The van der Waals surface area contributed by atoms with Gasteiger partial charge in [0.2, 0.25) is 0 Å². The first-order valence-electron chi connectivity index (χ1n) is 13.7. The average molecular weight is 590 g/mol. The van der Waals surface area contributed by atoms with Crippen LogP contribution in [0.15, 0.2) is 96.3 Å². The third-order valence-corrected chi connectivity index (χ3v) is 8.14. The Morgan fingerprint density at radius 2 is 1.79 bits per heavy atom. The van der Waals surface area contributed by atoms with E-state index in [1.165, 1.54) is 6.33 Å². The molecule has 0 aliphatic rings. The molecule has 2 unspecified atom stereocenters. The molecule has 4 aromatic heterocycles. The number of nitrogens with one attached hydrogen (secondary N) is 4. The van der Waals surface area contributed by atoms with E-state index in [1.807, 2.05) is 86.9 Å². The Bertz CT molecular complexity index is 2240. The largest absolute Gasteiger partial charge is 0.361 e. The number of pyridine rings is 1. The molecule has 0 fully saturated rings. The first-order chi connectivity index (χ1) is 20.9. The minimum absolute atomic E-state index is 0.0824. The van der Waals surface area contributed by atoms with Crippen molar-refractivity contribution in [2.24, 2.45) is 0 Å². The van der Waals surface area contributed by atoms with Gasteiger partial charge in [0.15, 0.2) is 0 Å². The molecule has 0 saturated carbocycles. The van der Waals surface area contributed by atoms with Gasteiger partial charge in [-0.3, -0.25) is 18.6 Å². The van der Waals surface area contributed by atoms with E-state index in [-0.39, 0.29) is 11.6 Å². The van der Waals surface area contributed by atoms with E-state index in [0.29, 0.717) is 22.5 Å². The van der Waals surface area contributed by atoms with Gasteiger partial charge in [0, 0.05) is 40.2 Å². The number of aromatic nitrogens is 5. The summed E-state index contributed by atoms with van der Waals surface area (Å²) in [6, 6.07) is 22.8. The zero-order valence-corrected chi connectivity index (χ0v) is 24.1. The maximum absolute atomic E-state index is 14.0. The van der Waals surface area contributed by atoms with Crippen LogP contribution in [0, 0.1) is 6.92 Å². The monoisotopic (exact) mass is 589 g/mol. The Kier molecular flexibility index (Phi) is 6.52. The smallest absolute Gasteiger partial charge is 0.263 e. The van der Waals surface area contributed by atoms with Crippen LogP contribution < -0.4 is 15.6 Å². The molecule has 43 heavy (non-hydrogen) atoms. The zero-order chi connectivity index (χ0) is 29.7. The summed E-state index contributed by atoms with van der Waals surface area (Å²) in [5.41, 5.74) is 5.95. The van der Waals surface area contributed by atoms with Crippen LogP contribution in [0.1, 0.15) is 24.2 Å². The van der Waals surface area contributed by atoms with Crippen molar-refractivity contribution in [1.29, 1.82) is 0 Å². The van der Waals surface area contributed by atoms with Crippen LogP contribution in [0.2, 0.25) is 0 Å². The summed E-state index contributed by atoms with van der Waals surface area (Å²) in [5.74, 6) is 0.581. The first-order valence-corrected chi connectivity index (χ1v) is 14.8. The van der Waals surface area contributed by atoms with Crippen LogP contribution in [0.3, 0.4) is 0 Å². The van der Waals surface area contributed by atoms with Crippen molar-refractivity contribution in [3.8, 4) is 16.8 Å². The minimum atomic E-state index is -2.23. The van der Waals surface area contributed by atoms with Crippen molar-refractivity contribution in [1.82, 2.24) is 24.5 Å². The summed E-state index contributed by atoms with van der Waals surface area (Å²) in [6.07, 6.45) is 5.17. The maximum atomic E-state index is 14.0. The molecule has 0 amide bonds. The van der Waals surface area contributed by atoms with E-state index in [4.69, 9.17) is 0 Å². The molecule has 7 rings (SSSR count). The molecule has 5 N–H and O–H groups in total. The summed E-state index contributed by atoms with van der Waals surface area (Å²) in [5, 5.41) is 6.80. The lowest BCUT2D eigenvalue weighted by Crippen LogP contribution is -2.26. The highest BCUT2D eigenvalue weighted by Crippen LogP contribution is 2.39. The van der Waals surface area contributed by atoms with Gasteiger partial charge in [-0.15, -0.1) is 0 Å². The summed E-state index contributed by atoms with van der Waals surface area (Å²) in [7, 11) is 0. The van der Waals surface area contributed by atoms with Crippen LogP contribution in [-0.2, 0) is 11.3 Å². The summed E-state index contributed by atoms with van der Waals surface area (Å²) < 4.78 is 25.3. The van der Waals surface area contributed by atoms with Gasteiger partial charge in [-0.05, 0) is 66.8 Å². The second-order valence-corrected chi connectivity index (χ2v) is 11.1. The lowest BCUT2D eigenvalue weighted by atomic mass is 10.0. The van der Waals surface area contributed by atoms with E-state index >= 15 is 0 Å². The van der Waals surface area contributed by atoms with Crippen LogP contribution >= 0.6 is 0 Å². The molecule has 4 heterocycles. The number of hydrogen-bond donors (Lipinski definition) is 5. The van der Waals surface area contributed by atoms with Gasteiger partial charge < -0.3 is 15.3 Å². The van der Waals surface area contributed by atoms with Crippen molar-refractivity contribution < 1.29 is 8.76 Å². The molecular formula is C32H27N7O3S. The maximum Gasteiger partial charge on any atom is 0.263 e. The summed E-state index contributed by atoms with van der Waals surface area (Å²) >= 11 is -2.23. The fourth-order valence-corrected chi connectivity index (χ4v) is 6.15. The molecule has 7 aromatic rings. The van der Waals surface area contributed by atoms with Crippen molar-refractivity contribution in [2.45, 2.75) is 19.9 Å². The number of hydrogen-bond acceptors (Lipinski definition) is 5. The molecule has 10 nitrogen and oxygen atoms in total. The predicted octanol–water partition coefficient (Wildman–Crippen LogP) is 6.44. The molecule has 11 heteroatoms. The van der Waals surface area contributed by atoms with Crippen LogP contribution in [-0.4, -0.2) is 33.3 Å². The Hall–Kier alpha value is -5.26. The molecule has 0 saturated heterocycles. The fraction of sp³-hybridized carbons (Fsp3) is 0.0938. The Morgan fingerprint density at radius 1 is 0.953 bits per heavy atom. The molecule has 0 aliphatic carbocycles. The van der Waals surface area contributed by atoms with Crippen molar-refractivity contribution >= 4 is 55.5 Å². The molecule has 2 atom stereocenters. The lowest BCUT2D eigenvalue weighted by molar-refractivity contribution is 0.570. The Balaban J connectivity index is 1.39. The first kappa shape index (κ1) is 26.6. The zero-order valence-electron chi connectivity index (χ0n) is 23.3. The van der Waals surface area contributed by atoms with Crippen LogP contribution in [0.25, 0.3) is 49.5 Å². The fourth-order valence-electron chi connectivity index (χ4n) is 5.83. The number of anilines is 2. The third kappa shape index (κ3) is 4.64. The van der Waals surface area contributed by atoms with E-state index in [1.54, 1.807) is 10.6 Å². The molecule has 0 bridgehead atoms. The number of aromatic amines is 2. The van der Waals surface area contributed by atoms with Gasteiger partial charge in [-0.25, -0.2) is 14.2 Å². The second kappa shape index (κ2) is 10.5. The van der Waals surface area contributed by atoms with Crippen molar-refractivity contribution in [3.05, 3.63) is 113 Å². The predicted molar refractivity (Wildman–Crippen MR) is 172 cm³/mol. The third-order valence-electron chi connectivity index (χ3n) is 7.73. The Labute approximate surface area is 248 Å². The summed E-state index contributed by atoms with van der Waals surface area (Å²) in [6.45, 7) is 3.96. The molecule has 0 radical (unpaired) electrons. The van der Waals surface area contributed by atoms with Crippen molar-refractivity contribution in [3.63, 3.8) is 0 Å². The number of aryl methyl sites for hydroxylation is 1. The number of para-hydroxylation sites is 1. The standard InChI is InChI=1S/C32H27N7O3S/c1-18-7-6-8-20-13-27(39(32(40)28(18)20)22-9-4-3-5-10-22)19(2)37-31-29-25(16-34-30(29)35-17-36-31)24-14-21(38-43(41)42)15-26-23(24)11-12-33-26/h3-17,19,33,38H,1-2H3,(H,41,42)(H2,34,35,36,37). The average Bonchev–Trinajstić information content (AvgIpc) is 3.65. The van der Waals surface area contributed by atoms with Gasteiger partial charge in [-0.2, -0.15) is 0 Å². The number of benzene rings is 3. The topological polar surface area (TPSA) is 141 Å². The number of H-pyrrole nitrogens is 2. The van der Waals surface area contributed by atoms with Gasteiger partial charge in [-0.1, -0.05) is 36.4 Å². The van der Waals surface area contributed by atoms with E-state index < -0.39 is 11.3 Å². The highest BCUT2D eigenvalue weighted by Gasteiger charge is 2.21. The van der Waals surface area contributed by atoms with Crippen molar-refractivity contribution in [2.75, 3.05) is 10.0 Å². The molecule has 3 aromatic carbocycles. The SMILES string of the molecule is Cc1cccc2cc(C(C)Nc3ncnc4[nH]cc(-c5cc(NS(=O)O)cc6[nH]ccc56)c34)n(-c3ccccc3)c(=O)c12. The quantitative estimate of drug-likeness (QED) is 0.136. The molecular weight excluding hydrogens is 562 g/mol. The molecule has 0 spiro atoms. The van der Waals surface area contributed by atoms with Crippen LogP contribution in [0.4, 0.5) is 11.5 Å². The van der Waals surface area contributed by atoms with Gasteiger partial charge in [0.1, 0.15) is 17.8 Å². The van der Waals surface area contributed by atoms with E-state index in [2.05, 4.69) is 36.0 Å². The number of nitrogens with zero attached hydrogens (tertiary/aromatic N) is 3. The molecule has 0 aliphatic heterocycles. The van der Waals surface area contributed by atoms with Gasteiger partial charge in [0.25, 0.3) is 16.8 Å². The Morgan fingerprint density at radius 3 is 2.60 bits per heavy atom. The van der Waals surface area contributed by atoms with E-state index in [0.717, 1.165) is 49.7 Å².